The largest absolute Gasteiger partial charge is 0.417 e. The first-order chi connectivity index (χ1) is 17.1. The Morgan fingerprint density at radius 2 is 1.75 bits per heavy atom. The standard InChI is InChI=1S/C25H20F5N3O2S/c26-14-1-2-16(19(27)8-14)20-18(25(28,29)30)9-17-21-22(20)36-4-3-33(21)24(35)31-23(17)32-10-12-5-13(11-32)7-15(34)6-12/h1-2,8-9,12-13H,3-7,10-11H2. The Kier molecular flexibility index (Phi) is 5.40. The summed E-state index contributed by atoms with van der Waals surface area (Å²) in [7, 11) is 0. The number of piperidine rings is 1. The van der Waals surface area contributed by atoms with E-state index in [1.807, 2.05) is 4.90 Å². The summed E-state index contributed by atoms with van der Waals surface area (Å²) in [4.78, 5) is 31.3. The molecule has 2 aliphatic heterocycles. The van der Waals surface area contributed by atoms with Gasteiger partial charge in [-0.3, -0.25) is 9.36 Å². The number of anilines is 1. The molecule has 5 nitrogen and oxygen atoms in total. The lowest BCUT2D eigenvalue weighted by atomic mass is 9.77. The van der Waals surface area contributed by atoms with Gasteiger partial charge in [-0.15, -0.1) is 11.8 Å². The Morgan fingerprint density at radius 3 is 2.42 bits per heavy atom. The van der Waals surface area contributed by atoms with Crippen molar-refractivity contribution in [2.75, 3.05) is 23.7 Å². The maximum atomic E-state index is 14.8. The first-order valence-corrected chi connectivity index (χ1v) is 12.6. The van der Waals surface area contributed by atoms with Crippen LogP contribution in [0.1, 0.15) is 24.8 Å². The number of carbonyl (C=O) groups excluding carboxylic acids is 1. The van der Waals surface area contributed by atoms with Crippen LogP contribution in [0.2, 0.25) is 0 Å². The van der Waals surface area contributed by atoms with Crippen molar-refractivity contribution in [3.8, 4) is 11.1 Å². The highest BCUT2D eigenvalue weighted by molar-refractivity contribution is 7.99. The van der Waals surface area contributed by atoms with Crippen LogP contribution in [-0.2, 0) is 17.5 Å². The maximum Gasteiger partial charge on any atom is 0.417 e. The predicted molar refractivity (Wildman–Crippen MR) is 125 cm³/mol. The van der Waals surface area contributed by atoms with Crippen molar-refractivity contribution in [2.24, 2.45) is 11.8 Å². The topological polar surface area (TPSA) is 55.2 Å². The van der Waals surface area contributed by atoms with Crippen LogP contribution in [-0.4, -0.2) is 34.2 Å². The van der Waals surface area contributed by atoms with Crippen LogP contribution in [0.4, 0.5) is 27.8 Å². The van der Waals surface area contributed by atoms with Crippen molar-refractivity contribution in [2.45, 2.75) is 36.9 Å². The number of benzene rings is 2. The summed E-state index contributed by atoms with van der Waals surface area (Å²) in [6.45, 7) is 1.09. The van der Waals surface area contributed by atoms with Gasteiger partial charge in [0.05, 0.1) is 11.1 Å². The van der Waals surface area contributed by atoms with E-state index in [1.165, 1.54) is 4.57 Å². The zero-order valence-electron chi connectivity index (χ0n) is 18.9. The Balaban J connectivity index is 1.64. The molecule has 2 bridgehead atoms. The quantitative estimate of drug-likeness (QED) is 0.430. The van der Waals surface area contributed by atoms with Gasteiger partial charge < -0.3 is 4.90 Å². The number of hydrogen-bond donors (Lipinski definition) is 0. The average molecular weight is 522 g/mol. The summed E-state index contributed by atoms with van der Waals surface area (Å²) in [6, 6.07) is 3.41. The third kappa shape index (κ3) is 3.79. The molecule has 3 aliphatic rings. The Morgan fingerprint density at radius 1 is 1.03 bits per heavy atom. The lowest BCUT2D eigenvalue weighted by Crippen LogP contribution is -2.46. The molecule has 0 N–H and O–H groups in total. The van der Waals surface area contributed by atoms with Gasteiger partial charge in [0.15, 0.2) is 0 Å². The Labute approximate surface area is 206 Å². The van der Waals surface area contributed by atoms with Crippen molar-refractivity contribution in [3.63, 3.8) is 0 Å². The van der Waals surface area contributed by atoms with Crippen molar-refractivity contribution in [1.82, 2.24) is 9.55 Å². The molecule has 2 unspecified atom stereocenters. The molecule has 0 spiro atoms. The van der Waals surface area contributed by atoms with E-state index in [2.05, 4.69) is 4.98 Å². The minimum Gasteiger partial charge on any atom is -0.355 e. The highest BCUT2D eigenvalue weighted by Gasteiger charge is 2.40. The van der Waals surface area contributed by atoms with Crippen LogP contribution < -0.4 is 10.6 Å². The highest BCUT2D eigenvalue weighted by atomic mass is 32.2. The molecule has 1 saturated heterocycles. The molecule has 2 fully saturated rings. The van der Waals surface area contributed by atoms with Crippen molar-refractivity contribution in [3.05, 3.63) is 51.9 Å². The smallest absolute Gasteiger partial charge is 0.355 e. The molecule has 0 radical (unpaired) electrons. The van der Waals surface area contributed by atoms with Gasteiger partial charge in [0.25, 0.3) is 0 Å². The highest BCUT2D eigenvalue weighted by Crippen LogP contribution is 2.49. The number of fused-ring (bicyclic) bond motifs is 2. The van der Waals surface area contributed by atoms with E-state index in [9.17, 15) is 31.5 Å². The number of nitrogens with zero attached hydrogens (tertiary/aromatic N) is 3. The van der Waals surface area contributed by atoms with E-state index in [0.717, 1.165) is 36.4 Å². The second-order valence-corrected chi connectivity index (χ2v) is 10.8. The number of alkyl halides is 3. The molecule has 2 aromatic carbocycles. The Bertz CT molecular complexity index is 1470. The zero-order chi connectivity index (χ0) is 25.4. The molecule has 36 heavy (non-hydrogen) atoms. The number of Topliss-reactive ketones (excluding diaryl/α,β-unsaturated/α-hetero) is 1. The van der Waals surface area contributed by atoms with Crippen molar-refractivity contribution < 1.29 is 26.7 Å². The third-order valence-electron chi connectivity index (χ3n) is 7.22. The zero-order valence-corrected chi connectivity index (χ0v) is 19.7. The van der Waals surface area contributed by atoms with E-state index in [0.29, 0.717) is 37.8 Å². The van der Waals surface area contributed by atoms with Crippen molar-refractivity contribution in [1.29, 1.82) is 0 Å². The minimum absolute atomic E-state index is 0.0562. The first-order valence-electron chi connectivity index (χ1n) is 11.6. The molecular formula is C25H20F5N3O2S. The van der Waals surface area contributed by atoms with Crippen molar-refractivity contribution >= 4 is 34.3 Å². The van der Waals surface area contributed by atoms with E-state index >= 15 is 0 Å². The summed E-state index contributed by atoms with van der Waals surface area (Å²) in [6.07, 6.45) is -3.17. The van der Waals surface area contributed by atoms with Gasteiger partial charge in [0, 0.05) is 65.7 Å². The number of ketones is 1. The fourth-order valence-electron chi connectivity index (χ4n) is 5.92. The summed E-state index contributed by atoms with van der Waals surface area (Å²) < 4.78 is 73.1. The van der Waals surface area contributed by atoms with Crippen LogP contribution >= 0.6 is 11.8 Å². The second kappa shape index (κ2) is 8.29. The average Bonchev–Trinajstić information content (AvgIpc) is 2.80. The van der Waals surface area contributed by atoms with Crippen LogP contribution in [0.15, 0.2) is 34.0 Å². The molecule has 2 atom stereocenters. The summed E-state index contributed by atoms with van der Waals surface area (Å²) >= 11 is 1.12. The number of thioether (sulfide) groups is 1. The lowest BCUT2D eigenvalue weighted by Gasteiger charge is -2.41. The number of halogens is 5. The van der Waals surface area contributed by atoms with Crippen LogP contribution in [0.25, 0.3) is 22.0 Å². The van der Waals surface area contributed by atoms with Gasteiger partial charge in [-0.05, 0) is 36.5 Å². The number of hydrogen-bond acceptors (Lipinski definition) is 5. The van der Waals surface area contributed by atoms with E-state index < -0.39 is 34.6 Å². The predicted octanol–water partition coefficient (Wildman–Crippen LogP) is 5.27. The molecule has 0 amide bonds. The number of aryl methyl sites for hydroxylation is 1. The number of carbonyl (C=O) groups is 1. The normalized spacial score (nSPS) is 21.8. The van der Waals surface area contributed by atoms with Crippen LogP contribution in [0.3, 0.4) is 0 Å². The fraction of sp³-hybridized carbons (Fsp3) is 0.400. The fourth-order valence-corrected chi connectivity index (χ4v) is 7.12. The minimum atomic E-state index is -4.85. The van der Waals surface area contributed by atoms with E-state index in [1.54, 1.807) is 0 Å². The number of aromatic nitrogens is 2. The molecule has 1 saturated carbocycles. The second-order valence-electron chi connectivity index (χ2n) is 9.68. The molecule has 3 heterocycles. The molecule has 6 rings (SSSR count). The summed E-state index contributed by atoms with van der Waals surface area (Å²) in [5, 5.41) is 0.168. The summed E-state index contributed by atoms with van der Waals surface area (Å²) in [5.74, 6) is -1.25. The van der Waals surface area contributed by atoms with Gasteiger partial charge in [0.1, 0.15) is 23.2 Å². The molecule has 1 aromatic heterocycles. The van der Waals surface area contributed by atoms with Gasteiger partial charge >= 0.3 is 11.9 Å². The molecule has 11 heteroatoms. The molecule has 188 valence electrons. The molecule has 3 aromatic rings. The molecular weight excluding hydrogens is 501 g/mol. The van der Waals surface area contributed by atoms with Crippen LogP contribution in [0, 0.1) is 23.5 Å². The lowest BCUT2D eigenvalue weighted by molar-refractivity contribution is -0.137. The molecule has 1 aliphatic carbocycles. The van der Waals surface area contributed by atoms with Gasteiger partial charge in [-0.2, -0.15) is 18.2 Å². The number of rotatable bonds is 2. The first kappa shape index (κ1) is 23.4. The SMILES string of the molecule is O=C1CC2CC(C1)CN(c1nc(=O)n3c4c(c(-c5ccc(F)cc5F)c(C(F)(F)F)cc14)SCC3)C2. The van der Waals surface area contributed by atoms with Crippen LogP contribution in [0.5, 0.6) is 0 Å². The maximum absolute atomic E-state index is 14.8. The van der Waals surface area contributed by atoms with Gasteiger partial charge in [-0.1, -0.05) is 0 Å². The van der Waals surface area contributed by atoms with E-state index in [-0.39, 0.29) is 51.3 Å². The van der Waals surface area contributed by atoms with E-state index in [4.69, 9.17) is 0 Å². The van der Waals surface area contributed by atoms with Gasteiger partial charge in [-0.25, -0.2) is 13.6 Å². The van der Waals surface area contributed by atoms with Gasteiger partial charge in [0.2, 0.25) is 0 Å². The monoisotopic (exact) mass is 521 g/mol. The third-order valence-corrected chi connectivity index (χ3v) is 8.29. The Hall–Kier alpha value is -2.95. The summed E-state index contributed by atoms with van der Waals surface area (Å²) in [5.41, 5.74) is -2.15.